The number of aliphatic hydroxyl groups is 1. The lowest BCUT2D eigenvalue weighted by atomic mass is 9.93. The van der Waals surface area contributed by atoms with E-state index >= 15 is 0 Å². The number of fused-ring (bicyclic) bond motifs is 1. The summed E-state index contributed by atoms with van der Waals surface area (Å²) in [5.41, 5.74) is 3.60. The van der Waals surface area contributed by atoms with E-state index in [1.54, 1.807) is 0 Å². The fraction of sp³-hybridized carbons (Fsp3) is 0.312. The van der Waals surface area contributed by atoms with E-state index in [0.717, 1.165) is 24.8 Å². The zero-order chi connectivity index (χ0) is 24.5. The fourth-order valence-electron chi connectivity index (χ4n) is 4.56. The number of β-amino-alcohol motifs (C(OH)–C–C–N with tert-alkyl or cyclic N) is 1. The van der Waals surface area contributed by atoms with Gasteiger partial charge in [0.25, 0.3) is 0 Å². The van der Waals surface area contributed by atoms with Crippen LogP contribution in [-0.2, 0) is 17.6 Å². The Morgan fingerprint density at radius 1 is 0.771 bits per heavy atom. The lowest BCUT2D eigenvalue weighted by molar-refractivity contribution is -0.0150. The number of aryl methyl sites for hydroxylation is 1. The molecule has 0 amide bonds. The highest BCUT2D eigenvalue weighted by Crippen LogP contribution is 2.24. The first-order valence-corrected chi connectivity index (χ1v) is 12.6. The van der Waals surface area contributed by atoms with Crippen molar-refractivity contribution in [3.8, 4) is 0 Å². The van der Waals surface area contributed by atoms with Crippen molar-refractivity contribution in [2.24, 2.45) is 0 Å². The molecule has 0 aliphatic rings. The van der Waals surface area contributed by atoms with Crippen molar-refractivity contribution in [2.45, 2.75) is 50.9 Å². The molecule has 0 aliphatic carbocycles. The SMILES string of the molecule is CC(C)(Cc1ccc2ccccc2c1)NC[C@@H](O)COC(CCc1ccccc1)c1ccccc1. The van der Waals surface area contributed by atoms with Crippen LogP contribution in [0.15, 0.2) is 103 Å². The first-order chi connectivity index (χ1) is 17.0. The highest BCUT2D eigenvalue weighted by molar-refractivity contribution is 5.83. The molecule has 1 unspecified atom stereocenters. The van der Waals surface area contributed by atoms with Gasteiger partial charge in [0.05, 0.1) is 18.8 Å². The van der Waals surface area contributed by atoms with E-state index < -0.39 is 6.10 Å². The first-order valence-electron chi connectivity index (χ1n) is 12.6. The number of rotatable bonds is 12. The van der Waals surface area contributed by atoms with E-state index in [1.807, 2.05) is 24.3 Å². The van der Waals surface area contributed by atoms with E-state index in [1.165, 1.54) is 21.9 Å². The van der Waals surface area contributed by atoms with Gasteiger partial charge < -0.3 is 15.2 Å². The van der Waals surface area contributed by atoms with Crippen LogP contribution in [0.4, 0.5) is 0 Å². The Morgan fingerprint density at radius 2 is 1.43 bits per heavy atom. The Morgan fingerprint density at radius 3 is 2.17 bits per heavy atom. The number of benzene rings is 4. The van der Waals surface area contributed by atoms with Gasteiger partial charge in [-0.25, -0.2) is 0 Å². The van der Waals surface area contributed by atoms with Crippen LogP contribution < -0.4 is 5.32 Å². The quantitative estimate of drug-likeness (QED) is 0.250. The summed E-state index contributed by atoms with van der Waals surface area (Å²) in [4.78, 5) is 0. The third-order valence-electron chi connectivity index (χ3n) is 6.48. The van der Waals surface area contributed by atoms with Crippen LogP contribution in [0.2, 0.25) is 0 Å². The average Bonchev–Trinajstić information content (AvgIpc) is 2.88. The second-order valence-electron chi connectivity index (χ2n) is 10.0. The highest BCUT2D eigenvalue weighted by Gasteiger charge is 2.21. The molecule has 4 rings (SSSR count). The number of ether oxygens (including phenoxy) is 1. The lowest BCUT2D eigenvalue weighted by Crippen LogP contribution is -2.46. The Kier molecular flexibility index (Phi) is 8.70. The summed E-state index contributed by atoms with van der Waals surface area (Å²) < 4.78 is 6.25. The lowest BCUT2D eigenvalue weighted by Gasteiger charge is -2.29. The molecule has 182 valence electrons. The van der Waals surface area contributed by atoms with Crippen LogP contribution in [-0.4, -0.2) is 29.9 Å². The highest BCUT2D eigenvalue weighted by atomic mass is 16.5. The minimum atomic E-state index is -0.575. The van der Waals surface area contributed by atoms with Gasteiger partial charge in [-0.2, -0.15) is 0 Å². The molecule has 4 aromatic carbocycles. The molecule has 0 radical (unpaired) electrons. The molecule has 35 heavy (non-hydrogen) atoms. The molecule has 0 aliphatic heterocycles. The maximum absolute atomic E-state index is 10.7. The number of hydrogen-bond acceptors (Lipinski definition) is 3. The average molecular weight is 468 g/mol. The second-order valence-corrected chi connectivity index (χ2v) is 10.0. The van der Waals surface area contributed by atoms with Crippen LogP contribution in [0, 0.1) is 0 Å². The maximum Gasteiger partial charge on any atom is 0.0898 e. The van der Waals surface area contributed by atoms with Gasteiger partial charge in [-0.05, 0) is 60.6 Å². The van der Waals surface area contributed by atoms with Crippen LogP contribution >= 0.6 is 0 Å². The first kappa shape index (κ1) is 25.1. The predicted octanol–water partition coefficient (Wildman–Crippen LogP) is 6.50. The van der Waals surface area contributed by atoms with Crippen LogP contribution in [0.5, 0.6) is 0 Å². The summed E-state index contributed by atoms with van der Waals surface area (Å²) in [6.07, 6.45) is 2.08. The van der Waals surface area contributed by atoms with E-state index in [9.17, 15) is 5.11 Å². The van der Waals surface area contributed by atoms with Gasteiger partial charge in [-0.15, -0.1) is 0 Å². The normalized spacial score (nSPS) is 13.6. The third kappa shape index (κ3) is 7.76. The molecule has 0 fully saturated rings. The zero-order valence-corrected chi connectivity index (χ0v) is 20.9. The molecule has 0 aromatic heterocycles. The van der Waals surface area contributed by atoms with Gasteiger partial charge in [0.15, 0.2) is 0 Å². The number of aliphatic hydroxyl groups excluding tert-OH is 1. The van der Waals surface area contributed by atoms with E-state index in [2.05, 4.69) is 98.0 Å². The predicted molar refractivity (Wildman–Crippen MR) is 146 cm³/mol. The van der Waals surface area contributed by atoms with Crippen LogP contribution in [0.25, 0.3) is 10.8 Å². The summed E-state index contributed by atoms with van der Waals surface area (Å²) in [5.74, 6) is 0. The van der Waals surface area contributed by atoms with Gasteiger partial charge in [0.2, 0.25) is 0 Å². The fourth-order valence-corrected chi connectivity index (χ4v) is 4.56. The summed E-state index contributed by atoms with van der Waals surface area (Å²) in [7, 11) is 0. The molecule has 2 atom stereocenters. The largest absolute Gasteiger partial charge is 0.389 e. The molecular weight excluding hydrogens is 430 g/mol. The van der Waals surface area contributed by atoms with Crippen LogP contribution in [0.3, 0.4) is 0 Å². The molecule has 3 nitrogen and oxygen atoms in total. The molecule has 0 heterocycles. The number of hydrogen-bond donors (Lipinski definition) is 2. The van der Waals surface area contributed by atoms with Crippen molar-refractivity contribution >= 4 is 10.8 Å². The summed E-state index contributed by atoms with van der Waals surface area (Å²) in [6, 6.07) is 35.9. The van der Waals surface area contributed by atoms with E-state index in [-0.39, 0.29) is 11.6 Å². The molecule has 2 N–H and O–H groups in total. The Balaban J connectivity index is 1.29. The van der Waals surface area contributed by atoms with Gasteiger partial charge in [-0.3, -0.25) is 0 Å². The van der Waals surface area contributed by atoms with Gasteiger partial charge in [0.1, 0.15) is 0 Å². The van der Waals surface area contributed by atoms with Crippen molar-refractivity contribution in [1.82, 2.24) is 5.32 Å². The minimum Gasteiger partial charge on any atom is -0.389 e. The van der Waals surface area contributed by atoms with Crippen molar-refractivity contribution in [2.75, 3.05) is 13.2 Å². The standard InChI is InChI=1S/C32H37NO2/c1-32(2,22-26-17-19-27-13-9-10-16-29(27)21-26)33-23-30(34)24-35-31(28-14-7-4-8-15-28)20-18-25-11-5-3-6-12-25/h3-17,19,21,30-31,33-34H,18,20,22-24H2,1-2H3/t30-,31?/m1/s1. The van der Waals surface area contributed by atoms with Crippen molar-refractivity contribution in [3.63, 3.8) is 0 Å². The molecule has 0 bridgehead atoms. The van der Waals surface area contributed by atoms with Gasteiger partial charge in [-0.1, -0.05) is 103 Å². The summed E-state index contributed by atoms with van der Waals surface area (Å²) in [5, 5.41) is 16.8. The van der Waals surface area contributed by atoms with Gasteiger partial charge >= 0.3 is 0 Å². The van der Waals surface area contributed by atoms with Crippen molar-refractivity contribution < 1.29 is 9.84 Å². The smallest absolute Gasteiger partial charge is 0.0898 e. The molecule has 0 saturated heterocycles. The zero-order valence-electron chi connectivity index (χ0n) is 20.9. The molecule has 0 saturated carbocycles. The molecular formula is C32H37NO2. The van der Waals surface area contributed by atoms with Crippen molar-refractivity contribution in [3.05, 3.63) is 120 Å². The summed E-state index contributed by atoms with van der Waals surface area (Å²) >= 11 is 0. The molecule has 0 spiro atoms. The molecule has 3 heteroatoms. The van der Waals surface area contributed by atoms with Crippen LogP contribution in [0.1, 0.15) is 43.1 Å². The number of nitrogens with one attached hydrogen (secondary N) is 1. The van der Waals surface area contributed by atoms with E-state index in [0.29, 0.717) is 13.2 Å². The Bertz CT molecular complexity index is 1170. The molecule has 4 aromatic rings. The maximum atomic E-state index is 10.7. The monoisotopic (exact) mass is 467 g/mol. The minimum absolute atomic E-state index is 0.0448. The van der Waals surface area contributed by atoms with Crippen molar-refractivity contribution in [1.29, 1.82) is 0 Å². The van der Waals surface area contributed by atoms with Gasteiger partial charge in [0, 0.05) is 12.1 Å². The Hall–Kier alpha value is -2.98. The van der Waals surface area contributed by atoms with E-state index in [4.69, 9.17) is 4.74 Å². The second kappa shape index (κ2) is 12.1. The topological polar surface area (TPSA) is 41.5 Å². The summed E-state index contributed by atoms with van der Waals surface area (Å²) in [6.45, 7) is 5.15. The Labute approximate surface area is 209 Å². The third-order valence-corrected chi connectivity index (χ3v) is 6.48.